The molecule has 0 aliphatic heterocycles. The SMILES string of the molecule is Cc1cc(N)cnc1NC1CCc2ccccc2C1. The van der Waals surface area contributed by atoms with Gasteiger partial charge in [0.25, 0.3) is 0 Å². The fraction of sp³-hybridized carbons (Fsp3) is 0.312. The molecule has 1 aromatic heterocycles. The van der Waals surface area contributed by atoms with E-state index in [0.29, 0.717) is 6.04 Å². The van der Waals surface area contributed by atoms with Gasteiger partial charge in [-0.1, -0.05) is 24.3 Å². The van der Waals surface area contributed by atoms with Crippen LogP contribution in [0.25, 0.3) is 0 Å². The Morgan fingerprint density at radius 1 is 1.26 bits per heavy atom. The minimum absolute atomic E-state index is 0.463. The number of nitrogens with zero attached hydrogens (tertiary/aromatic N) is 1. The molecule has 1 aromatic carbocycles. The van der Waals surface area contributed by atoms with E-state index in [9.17, 15) is 0 Å². The van der Waals surface area contributed by atoms with Gasteiger partial charge in [0, 0.05) is 6.04 Å². The van der Waals surface area contributed by atoms with Gasteiger partial charge in [-0.2, -0.15) is 0 Å². The largest absolute Gasteiger partial charge is 0.397 e. The Kier molecular flexibility index (Phi) is 3.11. The average Bonchev–Trinajstić information content (AvgIpc) is 2.42. The van der Waals surface area contributed by atoms with Crippen molar-refractivity contribution in [2.45, 2.75) is 32.2 Å². The normalized spacial score (nSPS) is 17.8. The van der Waals surface area contributed by atoms with Crippen LogP contribution in [0.4, 0.5) is 11.5 Å². The molecule has 0 radical (unpaired) electrons. The number of benzene rings is 1. The van der Waals surface area contributed by atoms with E-state index in [1.54, 1.807) is 6.20 Å². The number of nitrogen functional groups attached to an aromatic ring is 1. The number of nitrogens with one attached hydrogen (secondary N) is 1. The van der Waals surface area contributed by atoms with Crippen LogP contribution in [0.15, 0.2) is 36.5 Å². The second-order valence-electron chi connectivity index (χ2n) is 5.29. The fourth-order valence-corrected chi connectivity index (χ4v) is 2.76. The lowest BCUT2D eigenvalue weighted by atomic mass is 9.88. The molecule has 3 heteroatoms. The van der Waals surface area contributed by atoms with E-state index in [2.05, 4.69) is 34.6 Å². The van der Waals surface area contributed by atoms with Crippen LogP contribution in [-0.4, -0.2) is 11.0 Å². The molecular formula is C16H19N3. The number of fused-ring (bicyclic) bond motifs is 1. The number of hydrogen-bond acceptors (Lipinski definition) is 3. The van der Waals surface area contributed by atoms with Gasteiger partial charge in [0.05, 0.1) is 11.9 Å². The predicted molar refractivity (Wildman–Crippen MR) is 79.3 cm³/mol. The highest BCUT2D eigenvalue weighted by Gasteiger charge is 2.18. The summed E-state index contributed by atoms with van der Waals surface area (Å²) in [6.07, 6.45) is 5.08. The summed E-state index contributed by atoms with van der Waals surface area (Å²) in [6, 6.07) is 11.1. The van der Waals surface area contributed by atoms with Gasteiger partial charge in [0.2, 0.25) is 0 Å². The number of rotatable bonds is 2. The highest BCUT2D eigenvalue weighted by Crippen LogP contribution is 2.24. The predicted octanol–water partition coefficient (Wildman–Crippen LogP) is 2.94. The summed E-state index contributed by atoms with van der Waals surface area (Å²) in [4.78, 5) is 4.39. The van der Waals surface area contributed by atoms with E-state index in [1.807, 2.05) is 13.0 Å². The van der Waals surface area contributed by atoms with Gasteiger partial charge >= 0.3 is 0 Å². The second kappa shape index (κ2) is 4.92. The molecule has 0 fully saturated rings. The molecular weight excluding hydrogens is 234 g/mol. The Labute approximate surface area is 113 Å². The summed E-state index contributed by atoms with van der Waals surface area (Å²) in [5, 5.41) is 3.55. The zero-order valence-corrected chi connectivity index (χ0v) is 11.2. The van der Waals surface area contributed by atoms with Gasteiger partial charge < -0.3 is 11.1 Å². The van der Waals surface area contributed by atoms with Crippen molar-refractivity contribution in [2.75, 3.05) is 11.1 Å². The van der Waals surface area contributed by atoms with E-state index in [-0.39, 0.29) is 0 Å². The molecule has 1 atom stereocenters. The van der Waals surface area contributed by atoms with Crippen LogP contribution in [0.1, 0.15) is 23.1 Å². The lowest BCUT2D eigenvalue weighted by Gasteiger charge is -2.26. The zero-order chi connectivity index (χ0) is 13.2. The van der Waals surface area contributed by atoms with Crippen LogP contribution in [-0.2, 0) is 12.8 Å². The highest BCUT2D eigenvalue weighted by atomic mass is 15.0. The average molecular weight is 253 g/mol. The second-order valence-corrected chi connectivity index (χ2v) is 5.29. The van der Waals surface area contributed by atoms with E-state index >= 15 is 0 Å². The summed E-state index contributed by atoms with van der Waals surface area (Å²) >= 11 is 0. The third-order valence-electron chi connectivity index (χ3n) is 3.79. The topological polar surface area (TPSA) is 50.9 Å². The molecule has 1 aliphatic carbocycles. The summed E-state index contributed by atoms with van der Waals surface area (Å²) in [7, 11) is 0. The number of hydrogen-bond donors (Lipinski definition) is 2. The Balaban J connectivity index is 1.75. The van der Waals surface area contributed by atoms with Crippen molar-refractivity contribution in [2.24, 2.45) is 0 Å². The van der Waals surface area contributed by atoms with Crippen LogP contribution in [0, 0.1) is 6.92 Å². The third kappa shape index (κ3) is 2.55. The first-order valence-corrected chi connectivity index (χ1v) is 6.78. The minimum atomic E-state index is 0.463. The maximum absolute atomic E-state index is 5.73. The van der Waals surface area contributed by atoms with Gasteiger partial charge in [-0.05, 0) is 48.9 Å². The Hall–Kier alpha value is -2.03. The molecule has 3 N–H and O–H groups in total. The lowest BCUT2D eigenvalue weighted by molar-refractivity contribution is 0.608. The minimum Gasteiger partial charge on any atom is -0.397 e. The van der Waals surface area contributed by atoms with E-state index in [0.717, 1.165) is 36.3 Å². The van der Waals surface area contributed by atoms with Crippen molar-refractivity contribution in [1.29, 1.82) is 0 Å². The molecule has 1 unspecified atom stereocenters. The van der Waals surface area contributed by atoms with Gasteiger partial charge in [-0.3, -0.25) is 0 Å². The van der Waals surface area contributed by atoms with E-state index in [1.165, 1.54) is 11.1 Å². The van der Waals surface area contributed by atoms with Gasteiger partial charge in [-0.25, -0.2) is 4.98 Å². The number of pyridine rings is 1. The van der Waals surface area contributed by atoms with Gasteiger partial charge in [0.1, 0.15) is 5.82 Å². The molecule has 0 saturated heterocycles. The smallest absolute Gasteiger partial charge is 0.129 e. The van der Waals surface area contributed by atoms with Gasteiger partial charge in [0.15, 0.2) is 0 Å². The van der Waals surface area contributed by atoms with Crippen molar-refractivity contribution in [3.8, 4) is 0 Å². The van der Waals surface area contributed by atoms with E-state index < -0.39 is 0 Å². The van der Waals surface area contributed by atoms with Crippen molar-refractivity contribution in [3.05, 3.63) is 53.2 Å². The standard InChI is InChI=1S/C16H19N3/c1-11-8-14(17)10-18-16(11)19-15-7-6-12-4-2-3-5-13(12)9-15/h2-5,8,10,15H,6-7,9,17H2,1H3,(H,18,19). The first kappa shape index (κ1) is 12.0. The molecule has 0 amide bonds. The summed E-state index contributed by atoms with van der Waals surface area (Å²) in [6.45, 7) is 2.04. The molecule has 0 saturated carbocycles. The number of aryl methyl sites for hydroxylation is 2. The first-order chi connectivity index (χ1) is 9.22. The Morgan fingerprint density at radius 2 is 2.05 bits per heavy atom. The molecule has 0 bridgehead atoms. The van der Waals surface area contributed by atoms with Crippen molar-refractivity contribution >= 4 is 11.5 Å². The Morgan fingerprint density at radius 3 is 2.84 bits per heavy atom. The maximum Gasteiger partial charge on any atom is 0.129 e. The van der Waals surface area contributed by atoms with Crippen molar-refractivity contribution < 1.29 is 0 Å². The molecule has 3 nitrogen and oxygen atoms in total. The summed E-state index contributed by atoms with van der Waals surface area (Å²) in [5.41, 5.74) is 10.5. The van der Waals surface area contributed by atoms with Crippen molar-refractivity contribution in [1.82, 2.24) is 4.98 Å². The number of anilines is 2. The highest BCUT2D eigenvalue weighted by molar-refractivity contribution is 5.51. The quantitative estimate of drug-likeness (QED) is 0.865. The maximum atomic E-state index is 5.73. The van der Waals surface area contributed by atoms with Crippen LogP contribution < -0.4 is 11.1 Å². The van der Waals surface area contributed by atoms with Crippen LogP contribution >= 0.6 is 0 Å². The molecule has 1 aliphatic rings. The van der Waals surface area contributed by atoms with Gasteiger partial charge in [-0.15, -0.1) is 0 Å². The van der Waals surface area contributed by atoms with Crippen molar-refractivity contribution in [3.63, 3.8) is 0 Å². The summed E-state index contributed by atoms with van der Waals surface area (Å²) in [5.74, 6) is 0.957. The lowest BCUT2D eigenvalue weighted by Crippen LogP contribution is -2.28. The molecule has 1 heterocycles. The number of nitrogens with two attached hydrogens (primary N) is 1. The van der Waals surface area contributed by atoms with Crippen LogP contribution in [0.2, 0.25) is 0 Å². The molecule has 3 rings (SSSR count). The Bertz CT molecular complexity index is 592. The molecule has 19 heavy (non-hydrogen) atoms. The van der Waals surface area contributed by atoms with E-state index in [4.69, 9.17) is 5.73 Å². The monoisotopic (exact) mass is 253 g/mol. The third-order valence-corrected chi connectivity index (χ3v) is 3.79. The van der Waals surface area contributed by atoms with Crippen LogP contribution in [0.3, 0.4) is 0 Å². The fourth-order valence-electron chi connectivity index (χ4n) is 2.76. The zero-order valence-electron chi connectivity index (χ0n) is 11.2. The summed E-state index contributed by atoms with van der Waals surface area (Å²) < 4.78 is 0. The number of aromatic nitrogens is 1. The molecule has 2 aromatic rings. The first-order valence-electron chi connectivity index (χ1n) is 6.78. The molecule has 0 spiro atoms. The molecule has 98 valence electrons. The van der Waals surface area contributed by atoms with Crippen LogP contribution in [0.5, 0.6) is 0 Å².